The average molecular weight is 785 g/mol. The summed E-state index contributed by atoms with van der Waals surface area (Å²) < 4.78 is 29.5. The van der Waals surface area contributed by atoms with Crippen LogP contribution < -0.4 is 0 Å². The lowest BCUT2D eigenvalue weighted by molar-refractivity contribution is -0.870. The predicted molar refractivity (Wildman–Crippen MR) is 225 cm³/mol. The molecule has 54 heavy (non-hydrogen) atoms. The second kappa shape index (κ2) is 35.8. The number of phosphoric acid groups is 1. The third-order valence-electron chi connectivity index (χ3n) is 9.28. The number of ether oxygens (including phenoxy) is 1. The summed E-state index contributed by atoms with van der Waals surface area (Å²) in [5.74, 6) is -0.476. The van der Waals surface area contributed by atoms with E-state index in [1.807, 2.05) is 33.3 Å². The minimum Gasteiger partial charge on any atom is -0.459 e. The van der Waals surface area contributed by atoms with Gasteiger partial charge in [-0.15, -0.1) is 0 Å². The summed E-state index contributed by atoms with van der Waals surface area (Å²) >= 11 is 0. The first-order valence-electron chi connectivity index (χ1n) is 21.5. The number of likely N-dealkylation sites (N-methyl/N-ethyl adjacent to an activating group) is 1. The summed E-state index contributed by atoms with van der Waals surface area (Å²) in [5.41, 5.74) is 0. The van der Waals surface area contributed by atoms with Gasteiger partial charge in [-0.1, -0.05) is 152 Å². The smallest absolute Gasteiger partial charge is 0.459 e. The highest BCUT2D eigenvalue weighted by molar-refractivity contribution is 7.47. The van der Waals surface area contributed by atoms with Gasteiger partial charge in [-0.2, -0.15) is 0 Å². The number of esters is 1. The summed E-state index contributed by atoms with van der Waals surface area (Å²) in [6, 6.07) is 0. The van der Waals surface area contributed by atoms with Crippen molar-refractivity contribution >= 4 is 13.8 Å². The maximum atomic E-state index is 12.9. The molecule has 0 aromatic heterocycles. The van der Waals surface area contributed by atoms with Gasteiger partial charge >= 0.3 is 13.8 Å². The zero-order valence-electron chi connectivity index (χ0n) is 35.2. The van der Waals surface area contributed by atoms with Crippen LogP contribution in [0.2, 0.25) is 0 Å². The van der Waals surface area contributed by atoms with Crippen LogP contribution in [0, 0.1) is 0 Å². The van der Waals surface area contributed by atoms with Crippen molar-refractivity contribution in [3.63, 3.8) is 0 Å². The molecule has 3 unspecified atom stereocenters. The van der Waals surface area contributed by atoms with Crippen molar-refractivity contribution in [1.82, 2.24) is 0 Å². The second-order valence-corrected chi connectivity index (χ2v) is 17.1. The number of allylic oxidation sites excluding steroid dienone is 8. The van der Waals surface area contributed by atoms with Crippen LogP contribution in [0.3, 0.4) is 0 Å². The topological polar surface area (TPSA) is 123 Å². The highest BCUT2D eigenvalue weighted by Gasteiger charge is 2.35. The Labute approximate surface area is 331 Å². The molecule has 0 aromatic rings. The van der Waals surface area contributed by atoms with Crippen molar-refractivity contribution in [2.24, 2.45) is 0 Å². The highest BCUT2D eigenvalue weighted by Crippen LogP contribution is 2.45. The molecule has 0 aliphatic carbocycles. The molecular weight excluding hydrogens is 701 g/mol. The monoisotopic (exact) mass is 785 g/mol. The van der Waals surface area contributed by atoms with E-state index in [2.05, 4.69) is 50.3 Å². The summed E-state index contributed by atoms with van der Waals surface area (Å²) in [7, 11) is 1.22. The molecule has 0 amide bonds. The third-order valence-corrected chi connectivity index (χ3v) is 10.3. The Morgan fingerprint density at radius 2 is 1.13 bits per heavy atom. The number of aliphatic hydroxyl groups is 2. The van der Waals surface area contributed by atoms with E-state index in [4.69, 9.17) is 13.8 Å². The van der Waals surface area contributed by atoms with E-state index in [0.717, 1.165) is 44.9 Å². The maximum Gasteiger partial charge on any atom is 0.472 e. The second-order valence-electron chi connectivity index (χ2n) is 15.7. The SMILES string of the molecule is CCCCCC=CCC=CCC=CCC=CCCC(O)CC(OC(=O)CCCCCCCCCCCCCCC)[C@H](CO)OP(=O)(O)OCC[N+](C)(C)C. The molecule has 0 aliphatic heterocycles. The first kappa shape index (κ1) is 52.4. The van der Waals surface area contributed by atoms with Crippen molar-refractivity contribution in [3.8, 4) is 0 Å². The molecule has 0 rings (SSSR count). The molecule has 0 aromatic carbocycles. The Balaban J connectivity index is 4.81. The minimum atomic E-state index is -4.57. The molecular formula is C44H83NO8P+. The van der Waals surface area contributed by atoms with Crippen molar-refractivity contribution in [3.05, 3.63) is 48.6 Å². The number of nitrogens with zero attached hydrogens (tertiary/aromatic N) is 1. The van der Waals surface area contributed by atoms with Crippen LogP contribution in [0.15, 0.2) is 48.6 Å². The van der Waals surface area contributed by atoms with Crippen LogP contribution in [0.1, 0.15) is 168 Å². The predicted octanol–water partition coefficient (Wildman–Crippen LogP) is 11.1. The summed E-state index contributed by atoms with van der Waals surface area (Å²) in [4.78, 5) is 23.3. The quantitative estimate of drug-likeness (QED) is 0.0186. The summed E-state index contributed by atoms with van der Waals surface area (Å²) in [6.07, 6.45) is 38.2. The van der Waals surface area contributed by atoms with Crippen molar-refractivity contribution in [2.75, 3.05) is 40.9 Å². The highest BCUT2D eigenvalue weighted by atomic mass is 31.2. The number of quaternary nitrogens is 1. The van der Waals surface area contributed by atoms with Gasteiger partial charge in [-0.3, -0.25) is 13.8 Å². The number of aliphatic hydroxyl groups excluding tert-OH is 2. The van der Waals surface area contributed by atoms with Gasteiger partial charge in [0.05, 0.1) is 33.9 Å². The lowest BCUT2D eigenvalue weighted by atomic mass is 10.0. The van der Waals surface area contributed by atoms with Gasteiger partial charge in [0.25, 0.3) is 0 Å². The molecule has 9 nitrogen and oxygen atoms in total. The van der Waals surface area contributed by atoms with E-state index in [9.17, 15) is 24.5 Å². The average Bonchev–Trinajstić information content (AvgIpc) is 3.11. The first-order valence-corrected chi connectivity index (χ1v) is 23.0. The largest absolute Gasteiger partial charge is 0.472 e. The summed E-state index contributed by atoms with van der Waals surface area (Å²) in [5, 5.41) is 21.0. The van der Waals surface area contributed by atoms with Crippen LogP contribution in [-0.4, -0.2) is 84.8 Å². The van der Waals surface area contributed by atoms with E-state index in [1.165, 1.54) is 77.0 Å². The van der Waals surface area contributed by atoms with Crippen LogP contribution in [0.4, 0.5) is 0 Å². The van der Waals surface area contributed by atoms with Gasteiger partial charge in [0.15, 0.2) is 0 Å². The molecule has 0 saturated carbocycles. The van der Waals surface area contributed by atoms with Gasteiger partial charge in [0.1, 0.15) is 25.4 Å². The molecule has 3 N–H and O–H groups in total. The normalized spacial score (nSPS) is 15.5. The Bertz CT molecular complexity index is 1040. The van der Waals surface area contributed by atoms with E-state index in [-0.39, 0.29) is 19.4 Å². The van der Waals surface area contributed by atoms with E-state index in [0.29, 0.717) is 30.3 Å². The Morgan fingerprint density at radius 1 is 0.667 bits per heavy atom. The molecule has 10 heteroatoms. The van der Waals surface area contributed by atoms with Gasteiger partial charge in [0.2, 0.25) is 0 Å². The van der Waals surface area contributed by atoms with Crippen molar-refractivity contribution in [2.45, 2.75) is 186 Å². The van der Waals surface area contributed by atoms with E-state index in [1.54, 1.807) is 0 Å². The fourth-order valence-electron chi connectivity index (χ4n) is 5.88. The molecule has 0 fully saturated rings. The number of hydrogen-bond donors (Lipinski definition) is 3. The Morgan fingerprint density at radius 3 is 1.63 bits per heavy atom. The lowest BCUT2D eigenvalue weighted by Gasteiger charge is -2.29. The van der Waals surface area contributed by atoms with Gasteiger partial charge in [-0.25, -0.2) is 4.57 Å². The lowest BCUT2D eigenvalue weighted by Crippen LogP contribution is -2.39. The zero-order valence-corrected chi connectivity index (χ0v) is 36.1. The first-order chi connectivity index (χ1) is 25.9. The van der Waals surface area contributed by atoms with Crippen LogP contribution in [-0.2, 0) is 23.1 Å². The van der Waals surface area contributed by atoms with Crippen LogP contribution in [0.5, 0.6) is 0 Å². The zero-order chi connectivity index (χ0) is 40.2. The standard InChI is InChI=1S/C44H82NO8P/c1-6-8-10-12-14-16-18-20-21-22-24-25-27-29-31-33-35-41(47)39-42(43(40-46)53-54(49,50)51-38-37-45(3,4)5)52-44(48)36-34-32-30-28-26-23-19-17-15-13-11-9-7-2/h14,16,20-21,24-25,29,31,41-43,46-47H,6-13,15,17-19,22-23,26-28,30,32-40H2,1-5H3/p+1/t41?,42?,43-/m0/s1. The number of carbonyl (C=O) groups excluding carboxylic acids is 1. The van der Waals surface area contributed by atoms with E-state index < -0.39 is 38.7 Å². The number of hydrogen-bond acceptors (Lipinski definition) is 7. The fraction of sp³-hybridized carbons (Fsp3) is 0.795. The molecule has 0 radical (unpaired) electrons. The molecule has 0 aliphatic rings. The number of rotatable bonds is 38. The third kappa shape index (κ3) is 36.1. The Kier molecular flexibility index (Phi) is 34.8. The number of phosphoric ester groups is 1. The molecule has 0 spiro atoms. The van der Waals surface area contributed by atoms with Crippen molar-refractivity contribution in [1.29, 1.82) is 0 Å². The summed E-state index contributed by atoms with van der Waals surface area (Å²) in [6.45, 7) is 4.22. The van der Waals surface area contributed by atoms with Gasteiger partial charge in [0, 0.05) is 12.8 Å². The van der Waals surface area contributed by atoms with Crippen LogP contribution >= 0.6 is 7.82 Å². The minimum absolute atomic E-state index is 0.0311. The fourth-order valence-corrected chi connectivity index (χ4v) is 6.79. The van der Waals surface area contributed by atoms with E-state index >= 15 is 0 Å². The molecule has 4 atom stereocenters. The molecule has 316 valence electrons. The molecule has 0 bridgehead atoms. The molecule has 0 saturated heterocycles. The Hall–Kier alpha value is -1.58. The number of carbonyl (C=O) groups is 1. The van der Waals surface area contributed by atoms with Crippen LogP contribution in [0.25, 0.3) is 0 Å². The maximum absolute atomic E-state index is 12.9. The van der Waals surface area contributed by atoms with Crippen molar-refractivity contribution < 1.29 is 42.7 Å². The number of unbranched alkanes of at least 4 members (excludes halogenated alkanes) is 15. The molecule has 0 heterocycles. The van der Waals surface area contributed by atoms with Gasteiger partial charge < -0.3 is 24.3 Å². The van der Waals surface area contributed by atoms with Gasteiger partial charge in [-0.05, 0) is 51.4 Å².